The molecule has 0 bridgehead atoms. The van der Waals surface area contributed by atoms with E-state index in [0.717, 1.165) is 39.3 Å². The molecule has 190 valence electrons. The van der Waals surface area contributed by atoms with E-state index in [1.807, 2.05) is 37.3 Å². The fraction of sp³-hybridized carbons (Fsp3) is 0.133. The molecule has 4 heterocycles. The van der Waals surface area contributed by atoms with Gasteiger partial charge in [0.25, 0.3) is 0 Å². The highest BCUT2D eigenvalue weighted by Gasteiger charge is 2.17. The van der Waals surface area contributed by atoms with Crippen molar-refractivity contribution in [2.45, 2.75) is 20.8 Å². The molecule has 4 aromatic heterocycles. The number of hydrogen-bond acceptors (Lipinski definition) is 5. The lowest BCUT2D eigenvalue weighted by Gasteiger charge is -2.14. The number of nitrogens with zero attached hydrogens (tertiary/aromatic N) is 4. The van der Waals surface area contributed by atoms with Gasteiger partial charge in [0.2, 0.25) is 0 Å². The molecule has 0 fully saturated rings. The van der Waals surface area contributed by atoms with Crippen LogP contribution in [0.25, 0.3) is 50.4 Å². The molecular weight excluding hydrogens is 477 g/mol. The van der Waals surface area contributed by atoms with E-state index in [-0.39, 0.29) is 11.7 Å². The maximum absolute atomic E-state index is 13.5. The quantitative estimate of drug-likeness (QED) is 0.199. The third-order valence-electron chi connectivity index (χ3n) is 6.29. The molecule has 38 heavy (non-hydrogen) atoms. The average Bonchev–Trinajstić information content (AvgIpc) is 3.55. The molecule has 0 spiro atoms. The van der Waals surface area contributed by atoms with Gasteiger partial charge in [0.1, 0.15) is 16.9 Å². The van der Waals surface area contributed by atoms with E-state index in [4.69, 9.17) is 9.97 Å². The van der Waals surface area contributed by atoms with Gasteiger partial charge in [-0.3, -0.25) is 10.1 Å². The summed E-state index contributed by atoms with van der Waals surface area (Å²) in [6.45, 7) is 14.2. The highest BCUT2D eigenvalue weighted by molar-refractivity contribution is 5.95. The minimum Gasteiger partial charge on any atom is -0.359 e. The van der Waals surface area contributed by atoms with E-state index in [1.165, 1.54) is 12.1 Å². The summed E-state index contributed by atoms with van der Waals surface area (Å²) < 4.78 is 13.5. The van der Waals surface area contributed by atoms with Crippen LogP contribution in [0.2, 0.25) is 0 Å². The van der Waals surface area contributed by atoms with E-state index in [2.05, 4.69) is 52.5 Å². The van der Waals surface area contributed by atoms with Crippen LogP contribution in [0.4, 0.5) is 4.39 Å². The van der Waals surface area contributed by atoms with Crippen LogP contribution in [0.5, 0.6) is 0 Å². The molecule has 8 heteroatoms. The van der Waals surface area contributed by atoms with Gasteiger partial charge in [0.05, 0.1) is 22.4 Å². The lowest BCUT2D eigenvalue weighted by molar-refractivity contribution is 0.628. The minimum atomic E-state index is -0.301. The van der Waals surface area contributed by atoms with Crippen molar-refractivity contribution in [3.05, 3.63) is 103 Å². The molecule has 0 aliphatic carbocycles. The van der Waals surface area contributed by atoms with Crippen molar-refractivity contribution in [3.63, 3.8) is 0 Å². The van der Waals surface area contributed by atoms with Crippen molar-refractivity contribution in [1.82, 2.24) is 35.5 Å². The molecule has 0 atom stereocenters. The summed E-state index contributed by atoms with van der Waals surface area (Å²) in [5, 5.41) is 10.9. The maximum atomic E-state index is 13.5. The van der Waals surface area contributed by atoms with E-state index in [9.17, 15) is 4.39 Å². The second kappa shape index (κ2) is 10.3. The van der Waals surface area contributed by atoms with Crippen LogP contribution < -0.4 is 5.32 Å². The number of nitrogens with one attached hydrogen (secondary N) is 3. The van der Waals surface area contributed by atoms with Crippen molar-refractivity contribution in [3.8, 4) is 22.8 Å². The Morgan fingerprint density at radius 1 is 1.00 bits per heavy atom. The molecule has 5 rings (SSSR count). The van der Waals surface area contributed by atoms with E-state index in [1.54, 1.807) is 24.4 Å². The van der Waals surface area contributed by atoms with Gasteiger partial charge < -0.3 is 10.3 Å². The van der Waals surface area contributed by atoms with Gasteiger partial charge in [-0.05, 0) is 73.0 Å². The Morgan fingerprint density at radius 3 is 2.47 bits per heavy atom. The van der Waals surface area contributed by atoms with Crippen molar-refractivity contribution >= 4 is 27.6 Å². The Kier molecular flexibility index (Phi) is 6.70. The smallest absolute Gasteiger partial charge is 0.161 e. The predicted octanol–water partition coefficient (Wildman–Crippen LogP) is 6.93. The number of imidazole rings is 1. The van der Waals surface area contributed by atoms with E-state index < -0.39 is 0 Å². The van der Waals surface area contributed by atoms with E-state index in [0.29, 0.717) is 28.2 Å². The third-order valence-corrected chi connectivity index (χ3v) is 6.29. The molecule has 0 saturated carbocycles. The Labute approximate surface area is 220 Å². The SMILES string of the molecule is C=C/C(=C\C(=C/C)c1ccc2[nH]nc(-c3nc4c(-c5ccc(F)cc5)nccc4[nH]3)c2n1)NC(=C)C(C)C. The zero-order valence-corrected chi connectivity index (χ0v) is 21.5. The molecule has 7 nitrogen and oxygen atoms in total. The van der Waals surface area contributed by atoms with Crippen LogP contribution in [0.15, 0.2) is 91.4 Å². The van der Waals surface area contributed by atoms with Gasteiger partial charge >= 0.3 is 0 Å². The number of benzene rings is 1. The fourth-order valence-corrected chi connectivity index (χ4v) is 4.04. The summed E-state index contributed by atoms with van der Waals surface area (Å²) >= 11 is 0. The van der Waals surface area contributed by atoms with Crippen LogP contribution in [0.3, 0.4) is 0 Å². The fourth-order valence-electron chi connectivity index (χ4n) is 4.04. The first-order chi connectivity index (χ1) is 18.4. The second-order valence-electron chi connectivity index (χ2n) is 9.17. The minimum absolute atomic E-state index is 0.290. The number of pyridine rings is 2. The van der Waals surface area contributed by atoms with Gasteiger partial charge in [0, 0.05) is 23.2 Å². The molecule has 0 saturated heterocycles. The summed E-state index contributed by atoms with van der Waals surface area (Å²) in [7, 11) is 0. The number of aromatic amines is 2. The number of allylic oxidation sites excluding steroid dienone is 5. The highest BCUT2D eigenvalue weighted by atomic mass is 19.1. The normalized spacial score (nSPS) is 12.4. The molecular formula is C30H28FN7. The first kappa shape index (κ1) is 24.8. The summed E-state index contributed by atoms with van der Waals surface area (Å²) in [6, 6.07) is 12.0. The Bertz CT molecular complexity index is 1720. The van der Waals surface area contributed by atoms with Crippen molar-refractivity contribution in [1.29, 1.82) is 0 Å². The summed E-state index contributed by atoms with van der Waals surface area (Å²) in [4.78, 5) is 17.6. The molecule has 0 unspecified atom stereocenters. The van der Waals surface area contributed by atoms with Crippen LogP contribution in [0, 0.1) is 11.7 Å². The number of aromatic nitrogens is 6. The Hall–Kier alpha value is -4.85. The summed E-state index contributed by atoms with van der Waals surface area (Å²) in [6.07, 6.45) is 7.46. The lowest BCUT2D eigenvalue weighted by Crippen LogP contribution is -2.14. The standard InChI is InChI=1S/C30H28FN7/c1-6-19(16-22(7-2)33-18(5)17(3)4)23-12-13-25-28(34-23)29(38-37-25)30-35-24-14-15-32-26(27(24)36-30)20-8-10-21(31)11-9-20/h6-17,33H,2,5H2,1,3-4H3,(H,35,36)(H,37,38)/b19-6+,22-16+. The predicted molar refractivity (Wildman–Crippen MR) is 151 cm³/mol. The zero-order chi connectivity index (χ0) is 26.8. The summed E-state index contributed by atoms with van der Waals surface area (Å²) in [5.74, 6) is 0.550. The summed E-state index contributed by atoms with van der Waals surface area (Å²) in [5.41, 5.74) is 8.42. The van der Waals surface area contributed by atoms with Crippen molar-refractivity contribution in [2.24, 2.45) is 5.92 Å². The van der Waals surface area contributed by atoms with Gasteiger partial charge in [-0.25, -0.2) is 14.4 Å². The molecule has 0 aliphatic rings. The highest BCUT2D eigenvalue weighted by Crippen LogP contribution is 2.30. The lowest BCUT2D eigenvalue weighted by atomic mass is 10.1. The van der Waals surface area contributed by atoms with Crippen molar-refractivity contribution < 1.29 is 4.39 Å². The van der Waals surface area contributed by atoms with Gasteiger partial charge in [-0.1, -0.05) is 33.1 Å². The first-order valence-corrected chi connectivity index (χ1v) is 12.3. The first-order valence-electron chi connectivity index (χ1n) is 12.3. The molecule has 0 radical (unpaired) electrons. The molecule has 5 aromatic rings. The number of hydrogen-bond donors (Lipinski definition) is 3. The monoisotopic (exact) mass is 505 g/mol. The number of rotatable bonds is 8. The number of H-pyrrole nitrogens is 2. The Morgan fingerprint density at radius 2 is 1.76 bits per heavy atom. The largest absolute Gasteiger partial charge is 0.359 e. The average molecular weight is 506 g/mol. The van der Waals surface area contributed by atoms with Crippen LogP contribution in [0.1, 0.15) is 26.5 Å². The van der Waals surface area contributed by atoms with Gasteiger partial charge in [-0.2, -0.15) is 5.10 Å². The van der Waals surface area contributed by atoms with Crippen LogP contribution in [-0.4, -0.2) is 30.1 Å². The maximum Gasteiger partial charge on any atom is 0.161 e. The number of fused-ring (bicyclic) bond motifs is 2. The zero-order valence-electron chi connectivity index (χ0n) is 21.5. The molecule has 1 aromatic carbocycles. The molecule has 3 N–H and O–H groups in total. The third kappa shape index (κ3) is 4.76. The topological polar surface area (TPSA) is 95.2 Å². The van der Waals surface area contributed by atoms with E-state index >= 15 is 0 Å². The van der Waals surface area contributed by atoms with Gasteiger partial charge in [-0.15, -0.1) is 0 Å². The molecule has 0 amide bonds. The number of halogens is 1. The van der Waals surface area contributed by atoms with Crippen LogP contribution >= 0.6 is 0 Å². The Balaban J connectivity index is 1.55. The molecule has 0 aliphatic heterocycles. The van der Waals surface area contributed by atoms with Crippen LogP contribution in [-0.2, 0) is 0 Å². The van der Waals surface area contributed by atoms with Gasteiger partial charge in [0.15, 0.2) is 11.5 Å². The van der Waals surface area contributed by atoms with Crippen molar-refractivity contribution in [2.75, 3.05) is 0 Å². The second-order valence-corrected chi connectivity index (χ2v) is 9.17.